The molecule has 25 heavy (non-hydrogen) atoms. The zero-order valence-electron chi connectivity index (χ0n) is 15.7. The van der Waals surface area contributed by atoms with Gasteiger partial charge in [0.2, 0.25) is 5.91 Å². The van der Waals surface area contributed by atoms with E-state index in [-0.39, 0.29) is 11.9 Å². The third-order valence-corrected chi connectivity index (χ3v) is 4.53. The number of rotatable bonds is 7. The van der Waals surface area contributed by atoms with Crippen LogP contribution in [0.1, 0.15) is 49.3 Å². The molecular formula is C20H27NO4. The summed E-state index contributed by atoms with van der Waals surface area (Å²) in [7, 11) is 3.12. The van der Waals surface area contributed by atoms with Gasteiger partial charge in [-0.3, -0.25) is 9.59 Å². The van der Waals surface area contributed by atoms with Crippen LogP contribution in [0.2, 0.25) is 0 Å². The van der Waals surface area contributed by atoms with Gasteiger partial charge in [-0.15, -0.1) is 0 Å². The van der Waals surface area contributed by atoms with Gasteiger partial charge < -0.3 is 14.1 Å². The Hall–Kier alpha value is -2.30. The van der Waals surface area contributed by atoms with E-state index in [9.17, 15) is 9.59 Å². The minimum Gasteiger partial charge on any atom is -0.469 e. The molecule has 1 amide bonds. The van der Waals surface area contributed by atoms with Crippen LogP contribution < -0.4 is 0 Å². The largest absolute Gasteiger partial charge is 0.469 e. The molecule has 0 bridgehead atoms. The normalized spacial score (nSPS) is 11.1. The second-order valence-electron chi connectivity index (χ2n) is 6.79. The average molecular weight is 345 g/mol. The first-order valence-corrected chi connectivity index (χ1v) is 8.64. The van der Waals surface area contributed by atoms with E-state index in [2.05, 4.69) is 31.6 Å². The number of nitrogens with zero attached hydrogens (tertiary/aromatic N) is 1. The van der Waals surface area contributed by atoms with Crippen molar-refractivity contribution in [1.29, 1.82) is 0 Å². The van der Waals surface area contributed by atoms with Crippen LogP contribution in [-0.4, -0.2) is 37.5 Å². The SMILES string of the molecule is COC(=O)CCCN(C)C(=O)Cc1coc2cc(C)c(C(C)C)cc12. The third-order valence-electron chi connectivity index (χ3n) is 4.53. The van der Waals surface area contributed by atoms with Gasteiger partial charge in [-0.2, -0.15) is 0 Å². The van der Waals surface area contributed by atoms with Gasteiger partial charge in [-0.1, -0.05) is 13.8 Å². The van der Waals surface area contributed by atoms with Gasteiger partial charge in [0.25, 0.3) is 0 Å². The maximum absolute atomic E-state index is 12.5. The Bertz CT molecular complexity index is 760. The Morgan fingerprint density at radius 1 is 1.28 bits per heavy atom. The van der Waals surface area contributed by atoms with E-state index >= 15 is 0 Å². The molecule has 2 rings (SSSR count). The summed E-state index contributed by atoms with van der Waals surface area (Å²) < 4.78 is 10.3. The van der Waals surface area contributed by atoms with E-state index in [0.717, 1.165) is 16.5 Å². The number of amides is 1. The lowest BCUT2D eigenvalue weighted by atomic mass is 9.95. The lowest BCUT2D eigenvalue weighted by Gasteiger charge is -2.16. The number of esters is 1. The minimum atomic E-state index is -0.252. The van der Waals surface area contributed by atoms with Gasteiger partial charge in [-0.25, -0.2) is 0 Å². The van der Waals surface area contributed by atoms with Crippen molar-refractivity contribution in [2.75, 3.05) is 20.7 Å². The number of likely N-dealkylation sites (N-methyl/N-ethyl adjacent to an activating group) is 1. The van der Waals surface area contributed by atoms with Crippen LogP contribution in [0.25, 0.3) is 11.0 Å². The third kappa shape index (κ3) is 4.62. The maximum atomic E-state index is 12.5. The molecule has 0 N–H and O–H groups in total. The number of methoxy groups -OCH3 is 1. The van der Waals surface area contributed by atoms with Crippen molar-refractivity contribution in [2.45, 2.75) is 46.0 Å². The van der Waals surface area contributed by atoms with Crippen molar-refractivity contribution in [3.05, 3.63) is 35.1 Å². The average Bonchev–Trinajstić information content (AvgIpc) is 2.95. The van der Waals surface area contributed by atoms with Gasteiger partial charge in [0.15, 0.2) is 0 Å². The first-order valence-electron chi connectivity index (χ1n) is 8.64. The van der Waals surface area contributed by atoms with Crippen LogP contribution in [0.15, 0.2) is 22.8 Å². The Morgan fingerprint density at radius 3 is 2.64 bits per heavy atom. The van der Waals surface area contributed by atoms with Crippen LogP contribution in [0, 0.1) is 6.92 Å². The molecule has 2 aromatic rings. The molecule has 5 nitrogen and oxygen atoms in total. The predicted molar refractivity (Wildman–Crippen MR) is 97.6 cm³/mol. The molecule has 136 valence electrons. The second kappa shape index (κ2) is 8.19. The highest BCUT2D eigenvalue weighted by molar-refractivity contribution is 5.88. The molecular weight excluding hydrogens is 318 g/mol. The van der Waals surface area contributed by atoms with Crippen LogP contribution >= 0.6 is 0 Å². The highest BCUT2D eigenvalue weighted by Gasteiger charge is 2.16. The molecule has 0 radical (unpaired) electrons. The van der Waals surface area contributed by atoms with E-state index < -0.39 is 0 Å². The number of benzene rings is 1. The zero-order chi connectivity index (χ0) is 18.6. The number of carbonyl (C=O) groups is 2. The molecule has 0 aliphatic rings. The van der Waals surface area contributed by atoms with Crippen molar-refractivity contribution < 1.29 is 18.7 Å². The van der Waals surface area contributed by atoms with Gasteiger partial charge >= 0.3 is 5.97 Å². The van der Waals surface area contributed by atoms with E-state index in [4.69, 9.17) is 4.42 Å². The first kappa shape index (κ1) is 19.0. The minimum absolute atomic E-state index is 0.0132. The number of ether oxygens (including phenoxy) is 1. The van der Waals surface area contributed by atoms with Crippen molar-refractivity contribution >= 4 is 22.8 Å². The molecule has 0 spiro atoms. The van der Waals surface area contributed by atoms with Crippen LogP contribution in [-0.2, 0) is 20.7 Å². The lowest BCUT2D eigenvalue weighted by molar-refractivity contribution is -0.141. The summed E-state index contributed by atoms with van der Waals surface area (Å²) in [4.78, 5) is 25.2. The summed E-state index contributed by atoms with van der Waals surface area (Å²) in [5.74, 6) is 0.182. The monoisotopic (exact) mass is 345 g/mol. The number of aryl methyl sites for hydroxylation is 1. The van der Waals surface area contributed by atoms with Gasteiger partial charge in [0, 0.05) is 31.0 Å². The Morgan fingerprint density at radius 2 is 2.00 bits per heavy atom. The quantitative estimate of drug-likeness (QED) is 0.716. The van der Waals surface area contributed by atoms with Crippen LogP contribution in [0.3, 0.4) is 0 Å². The van der Waals surface area contributed by atoms with Gasteiger partial charge in [0.05, 0.1) is 19.8 Å². The van der Waals surface area contributed by atoms with Crippen LogP contribution in [0.5, 0.6) is 0 Å². The molecule has 0 fully saturated rings. The summed E-state index contributed by atoms with van der Waals surface area (Å²) >= 11 is 0. The first-order chi connectivity index (χ1) is 11.8. The van der Waals surface area contributed by atoms with Crippen LogP contribution in [0.4, 0.5) is 0 Å². The number of furan rings is 1. The fraction of sp³-hybridized carbons (Fsp3) is 0.500. The number of hydrogen-bond donors (Lipinski definition) is 0. The van der Waals surface area contributed by atoms with E-state index in [0.29, 0.717) is 31.7 Å². The maximum Gasteiger partial charge on any atom is 0.305 e. The molecule has 0 saturated heterocycles. The molecule has 0 aliphatic heterocycles. The summed E-state index contributed by atoms with van der Waals surface area (Å²) in [6.45, 7) is 6.93. The second-order valence-corrected chi connectivity index (χ2v) is 6.79. The van der Waals surface area contributed by atoms with E-state index in [1.54, 1.807) is 18.2 Å². The van der Waals surface area contributed by atoms with Crippen molar-refractivity contribution in [2.24, 2.45) is 0 Å². The Labute approximate surface area is 148 Å². The highest BCUT2D eigenvalue weighted by atomic mass is 16.5. The number of hydrogen-bond acceptors (Lipinski definition) is 4. The fourth-order valence-electron chi connectivity index (χ4n) is 2.99. The molecule has 5 heteroatoms. The topological polar surface area (TPSA) is 59.8 Å². The summed E-state index contributed by atoms with van der Waals surface area (Å²) in [5, 5.41) is 1.01. The standard InChI is InChI=1S/C20H27NO4/c1-13(2)16-11-17-15(12-25-18(17)9-14(16)3)10-19(22)21(4)8-6-7-20(23)24-5/h9,11-13H,6-8,10H2,1-5H3. The lowest BCUT2D eigenvalue weighted by Crippen LogP contribution is -2.29. The summed E-state index contributed by atoms with van der Waals surface area (Å²) in [5.41, 5.74) is 4.20. The van der Waals surface area contributed by atoms with Gasteiger partial charge in [-0.05, 0) is 42.5 Å². The van der Waals surface area contributed by atoms with Crippen molar-refractivity contribution in [3.8, 4) is 0 Å². The van der Waals surface area contributed by atoms with E-state index in [1.165, 1.54) is 18.2 Å². The Balaban J connectivity index is 2.07. The summed E-state index contributed by atoms with van der Waals surface area (Å²) in [6.07, 6.45) is 2.88. The van der Waals surface area contributed by atoms with Crippen molar-refractivity contribution in [1.82, 2.24) is 4.90 Å². The number of carbonyl (C=O) groups excluding carboxylic acids is 2. The molecule has 1 heterocycles. The van der Waals surface area contributed by atoms with Gasteiger partial charge in [0.1, 0.15) is 5.58 Å². The number of fused-ring (bicyclic) bond motifs is 1. The molecule has 0 atom stereocenters. The molecule has 0 aliphatic carbocycles. The highest BCUT2D eigenvalue weighted by Crippen LogP contribution is 2.29. The molecule has 0 saturated carbocycles. The molecule has 0 unspecified atom stereocenters. The Kier molecular flexibility index (Phi) is 6.23. The zero-order valence-corrected chi connectivity index (χ0v) is 15.7. The smallest absolute Gasteiger partial charge is 0.305 e. The van der Waals surface area contributed by atoms with Crippen molar-refractivity contribution in [3.63, 3.8) is 0 Å². The molecule has 1 aromatic heterocycles. The predicted octanol–water partition coefficient (Wildman–Crippen LogP) is 3.82. The summed E-state index contributed by atoms with van der Waals surface area (Å²) in [6, 6.07) is 4.18. The fourth-order valence-corrected chi connectivity index (χ4v) is 2.99. The molecule has 1 aromatic carbocycles. The van der Waals surface area contributed by atoms with E-state index in [1.807, 2.05) is 6.07 Å².